The molecule has 0 aromatic carbocycles. The zero-order valence-electron chi connectivity index (χ0n) is 12.5. The third-order valence-corrected chi connectivity index (χ3v) is 3.24. The second-order valence-electron chi connectivity index (χ2n) is 5.23. The van der Waals surface area contributed by atoms with Crippen LogP contribution in [0.5, 0.6) is 0 Å². The number of nitrogens with zero attached hydrogens (tertiary/aromatic N) is 3. The Bertz CT molecular complexity index is 477. The summed E-state index contributed by atoms with van der Waals surface area (Å²) in [4.78, 5) is 11.1. The van der Waals surface area contributed by atoms with Crippen LogP contribution in [0.25, 0.3) is 0 Å². The van der Waals surface area contributed by atoms with Gasteiger partial charge in [-0.3, -0.25) is 0 Å². The molecule has 0 amide bonds. The zero-order chi connectivity index (χ0) is 14.4. The standard InChI is InChI=1S/C15H23N5.HI/c1-12(2)9-18-15(16)19-11-13-5-6-14(17-10-13)20-7-3-4-8-20;/h5-6,10H,1,3-4,7-9,11H2,2H3,(H3,16,18,19);1H. The summed E-state index contributed by atoms with van der Waals surface area (Å²) in [5, 5.41) is 3.01. The highest BCUT2D eigenvalue weighted by atomic mass is 127. The number of hydrogen-bond donors (Lipinski definition) is 2. The molecule has 0 bridgehead atoms. The van der Waals surface area contributed by atoms with Crippen molar-refractivity contribution in [1.82, 2.24) is 10.3 Å². The zero-order valence-corrected chi connectivity index (χ0v) is 14.8. The maximum Gasteiger partial charge on any atom is 0.189 e. The Hall–Kier alpha value is -1.31. The normalized spacial score (nSPS) is 14.7. The van der Waals surface area contributed by atoms with E-state index in [0.717, 1.165) is 30.0 Å². The third kappa shape index (κ3) is 5.91. The van der Waals surface area contributed by atoms with Gasteiger partial charge in [-0.2, -0.15) is 0 Å². The van der Waals surface area contributed by atoms with Gasteiger partial charge in [-0.15, -0.1) is 24.0 Å². The molecule has 0 atom stereocenters. The summed E-state index contributed by atoms with van der Waals surface area (Å²) in [6.07, 6.45) is 4.40. The van der Waals surface area contributed by atoms with E-state index in [-0.39, 0.29) is 24.0 Å². The van der Waals surface area contributed by atoms with Crippen molar-refractivity contribution in [1.29, 1.82) is 0 Å². The fourth-order valence-electron chi connectivity index (χ4n) is 2.12. The van der Waals surface area contributed by atoms with Crippen LogP contribution in [0.15, 0.2) is 35.5 Å². The summed E-state index contributed by atoms with van der Waals surface area (Å²) in [6, 6.07) is 4.13. The first-order chi connectivity index (χ1) is 9.65. The van der Waals surface area contributed by atoms with Crippen LogP contribution >= 0.6 is 24.0 Å². The Morgan fingerprint density at radius 1 is 1.43 bits per heavy atom. The molecule has 1 aromatic rings. The van der Waals surface area contributed by atoms with Crippen molar-refractivity contribution >= 4 is 35.8 Å². The molecule has 5 nitrogen and oxygen atoms in total. The number of guanidine groups is 1. The van der Waals surface area contributed by atoms with Crippen LogP contribution in [0.2, 0.25) is 0 Å². The topological polar surface area (TPSA) is 66.5 Å². The van der Waals surface area contributed by atoms with Crippen LogP contribution in [0.4, 0.5) is 5.82 Å². The lowest BCUT2D eigenvalue weighted by Gasteiger charge is -2.16. The lowest BCUT2D eigenvalue weighted by Crippen LogP contribution is -2.32. The summed E-state index contributed by atoms with van der Waals surface area (Å²) >= 11 is 0. The summed E-state index contributed by atoms with van der Waals surface area (Å²) in [6.45, 7) is 9.18. The molecule has 1 aromatic heterocycles. The predicted octanol–water partition coefficient (Wildman–Crippen LogP) is 2.28. The molecule has 1 aliphatic rings. The van der Waals surface area contributed by atoms with Gasteiger partial charge < -0.3 is 16.0 Å². The summed E-state index contributed by atoms with van der Waals surface area (Å²) in [7, 11) is 0. The van der Waals surface area contributed by atoms with Gasteiger partial charge in [-0.1, -0.05) is 18.2 Å². The number of anilines is 1. The Balaban J connectivity index is 0.00000220. The van der Waals surface area contributed by atoms with Crippen molar-refractivity contribution in [2.24, 2.45) is 10.7 Å². The third-order valence-electron chi connectivity index (χ3n) is 3.24. The molecular weight excluding hydrogens is 377 g/mol. The first kappa shape index (κ1) is 17.7. The fraction of sp³-hybridized carbons (Fsp3) is 0.467. The molecule has 1 aliphatic heterocycles. The molecule has 21 heavy (non-hydrogen) atoms. The van der Waals surface area contributed by atoms with Crippen LogP contribution in [0.3, 0.4) is 0 Å². The van der Waals surface area contributed by atoms with Gasteiger partial charge >= 0.3 is 0 Å². The Morgan fingerprint density at radius 2 is 2.14 bits per heavy atom. The van der Waals surface area contributed by atoms with Gasteiger partial charge in [0.05, 0.1) is 6.54 Å². The number of aliphatic imine (C=N–C) groups is 1. The molecule has 116 valence electrons. The maximum absolute atomic E-state index is 5.77. The molecule has 6 heteroatoms. The number of nitrogens with two attached hydrogens (primary N) is 1. The quantitative estimate of drug-likeness (QED) is 0.344. The van der Waals surface area contributed by atoms with Crippen molar-refractivity contribution in [3.63, 3.8) is 0 Å². The second kappa shape index (κ2) is 8.86. The van der Waals surface area contributed by atoms with Gasteiger partial charge in [0.2, 0.25) is 0 Å². The molecular formula is C15H24IN5. The largest absolute Gasteiger partial charge is 0.370 e. The van der Waals surface area contributed by atoms with E-state index in [1.54, 1.807) is 0 Å². The van der Waals surface area contributed by atoms with Gasteiger partial charge in [0.25, 0.3) is 0 Å². The van der Waals surface area contributed by atoms with Crippen molar-refractivity contribution in [3.05, 3.63) is 36.0 Å². The van der Waals surface area contributed by atoms with Crippen molar-refractivity contribution in [2.45, 2.75) is 26.3 Å². The highest BCUT2D eigenvalue weighted by molar-refractivity contribution is 14.0. The molecule has 3 N–H and O–H groups in total. The average Bonchev–Trinajstić information content (AvgIpc) is 2.97. The summed E-state index contributed by atoms with van der Waals surface area (Å²) in [5.74, 6) is 1.50. The number of rotatable bonds is 5. The predicted molar refractivity (Wildman–Crippen MR) is 99.2 cm³/mol. The van der Waals surface area contributed by atoms with Gasteiger partial charge in [-0.05, 0) is 31.4 Å². The minimum atomic E-state index is 0. The van der Waals surface area contributed by atoms with E-state index >= 15 is 0 Å². The first-order valence-corrected chi connectivity index (χ1v) is 7.03. The molecule has 0 spiro atoms. The number of halogens is 1. The smallest absolute Gasteiger partial charge is 0.189 e. The van der Waals surface area contributed by atoms with E-state index in [9.17, 15) is 0 Å². The molecule has 1 fully saturated rings. The Kier molecular flexibility index (Phi) is 7.49. The highest BCUT2D eigenvalue weighted by Crippen LogP contribution is 2.17. The lowest BCUT2D eigenvalue weighted by molar-refractivity contribution is 0.919. The van der Waals surface area contributed by atoms with Crippen LogP contribution in [0, 0.1) is 0 Å². The number of nitrogens with one attached hydrogen (secondary N) is 1. The molecule has 1 saturated heterocycles. The van der Waals surface area contributed by atoms with Crippen LogP contribution < -0.4 is 16.0 Å². The Labute approximate surface area is 143 Å². The van der Waals surface area contributed by atoms with E-state index in [0.29, 0.717) is 19.0 Å². The molecule has 2 heterocycles. The van der Waals surface area contributed by atoms with Gasteiger partial charge in [0.1, 0.15) is 5.82 Å². The minimum Gasteiger partial charge on any atom is -0.370 e. The van der Waals surface area contributed by atoms with E-state index in [2.05, 4.69) is 38.9 Å². The minimum absolute atomic E-state index is 0. The number of pyridine rings is 1. The molecule has 0 saturated carbocycles. The van der Waals surface area contributed by atoms with Crippen molar-refractivity contribution in [2.75, 3.05) is 24.5 Å². The van der Waals surface area contributed by atoms with Crippen molar-refractivity contribution < 1.29 is 0 Å². The van der Waals surface area contributed by atoms with Crippen LogP contribution in [-0.2, 0) is 6.54 Å². The van der Waals surface area contributed by atoms with Gasteiger partial charge in [0.15, 0.2) is 5.96 Å². The van der Waals surface area contributed by atoms with E-state index in [1.165, 1.54) is 12.8 Å². The first-order valence-electron chi connectivity index (χ1n) is 7.03. The summed E-state index contributed by atoms with van der Waals surface area (Å²) in [5.41, 5.74) is 7.86. The fourth-order valence-corrected chi connectivity index (χ4v) is 2.12. The summed E-state index contributed by atoms with van der Waals surface area (Å²) < 4.78 is 0. The lowest BCUT2D eigenvalue weighted by atomic mass is 10.3. The number of aromatic nitrogens is 1. The molecule has 2 rings (SSSR count). The van der Waals surface area contributed by atoms with Crippen LogP contribution in [-0.4, -0.2) is 30.6 Å². The molecule has 0 aliphatic carbocycles. The Morgan fingerprint density at radius 3 is 2.71 bits per heavy atom. The second-order valence-corrected chi connectivity index (χ2v) is 5.23. The van der Waals surface area contributed by atoms with Crippen molar-refractivity contribution in [3.8, 4) is 0 Å². The monoisotopic (exact) mass is 401 g/mol. The van der Waals surface area contributed by atoms with Gasteiger partial charge in [-0.25, -0.2) is 9.98 Å². The highest BCUT2D eigenvalue weighted by Gasteiger charge is 2.12. The maximum atomic E-state index is 5.77. The van der Waals surface area contributed by atoms with Gasteiger partial charge in [0, 0.05) is 25.8 Å². The molecule has 0 radical (unpaired) electrons. The van der Waals surface area contributed by atoms with E-state index < -0.39 is 0 Å². The van der Waals surface area contributed by atoms with Crippen LogP contribution in [0.1, 0.15) is 25.3 Å². The van der Waals surface area contributed by atoms with E-state index in [1.807, 2.05) is 13.1 Å². The average molecular weight is 401 g/mol. The SMILES string of the molecule is C=C(C)CNC(N)=NCc1ccc(N2CCCC2)nc1.I. The molecule has 0 unspecified atom stereocenters. The number of hydrogen-bond acceptors (Lipinski definition) is 3. The van der Waals surface area contributed by atoms with E-state index in [4.69, 9.17) is 5.73 Å².